The number of amides is 1. The normalized spacial score (nSPS) is 24.4. The van der Waals surface area contributed by atoms with Crippen molar-refractivity contribution in [3.05, 3.63) is 57.8 Å². The molecule has 1 amide bonds. The van der Waals surface area contributed by atoms with Crippen LogP contribution >= 0.6 is 11.3 Å². The van der Waals surface area contributed by atoms with Crippen LogP contribution < -0.4 is 0 Å². The average Bonchev–Trinajstić information content (AvgIpc) is 3.15. The Morgan fingerprint density at radius 1 is 1.18 bits per heavy atom. The fourth-order valence-corrected chi connectivity index (χ4v) is 5.12. The zero-order chi connectivity index (χ0) is 19.5. The molecule has 0 spiro atoms. The van der Waals surface area contributed by atoms with Crippen LogP contribution in [0.3, 0.4) is 0 Å². The maximum absolute atomic E-state index is 13.4. The molecule has 5 nitrogen and oxygen atoms in total. The van der Waals surface area contributed by atoms with Crippen molar-refractivity contribution in [1.29, 1.82) is 0 Å². The maximum atomic E-state index is 13.4. The van der Waals surface area contributed by atoms with Gasteiger partial charge < -0.3 is 19.6 Å². The minimum atomic E-state index is -0.187. The summed E-state index contributed by atoms with van der Waals surface area (Å²) in [5.41, 5.74) is 2.15. The van der Waals surface area contributed by atoms with Gasteiger partial charge >= 0.3 is 0 Å². The molecule has 0 radical (unpaired) electrons. The number of ether oxygens (including phenoxy) is 1. The van der Waals surface area contributed by atoms with Crippen LogP contribution in [0.5, 0.6) is 0 Å². The van der Waals surface area contributed by atoms with Crippen LogP contribution in [0.1, 0.15) is 39.7 Å². The van der Waals surface area contributed by atoms with E-state index in [0.717, 1.165) is 48.5 Å². The summed E-state index contributed by atoms with van der Waals surface area (Å²) in [5.74, 6) is 0.101. The Labute approximate surface area is 170 Å². The topological polar surface area (TPSA) is 53.0 Å². The first-order valence-electron chi connectivity index (χ1n) is 10.1. The largest absolute Gasteiger partial charge is 0.393 e. The second-order valence-corrected chi connectivity index (χ2v) is 8.64. The quantitative estimate of drug-likeness (QED) is 0.857. The molecular weight excluding hydrogens is 372 g/mol. The van der Waals surface area contributed by atoms with Gasteiger partial charge in [0.25, 0.3) is 5.91 Å². The number of benzene rings is 1. The van der Waals surface area contributed by atoms with Crippen molar-refractivity contribution in [3.8, 4) is 0 Å². The van der Waals surface area contributed by atoms with E-state index in [2.05, 4.69) is 17.0 Å². The third kappa shape index (κ3) is 4.15. The lowest BCUT2D eigenvalue weighted by Crippen LogP contribution is -2.52. The lowest BCUT2D eigenvalue weighted by atomic mass is 9.96. The molecule has 1 aromatic carbocycles. The van der Waals surface area contributed by atoms with Gasteiger partial charge in [-0.3, -0.25) is 4.79 Å². The molecular formula is C22H28N2O3S. The van der Waals surface area contributed by atoms with Crippen molar-refractivity contribution < 1.29 is 14.6 Å². The number of hydrogen-bond acceptors (Lipinski definition) is 5. The summed E-state index contributed by atoms with van der Waals surface area (Å²) in [7, 11) is 0. The van der Waals surface area contributed by atoms with E-state index in [9.17, 15) is 9.90 Å². The van der Waals surface area contributed by atoms with E-state index < -0.39 is 0 Å². The van der Waals surface area contributed by atoms with Gasteiger partial charge in [0.1, 0.15) is 0 Å². The van der Waals surface area contributed by atoms with Crippen LogP contribution in [-0.2, 0) is 4.74 Å². The Morgan fingerprint density at radius 3 is 2.61 bits per heavy atom. The highest BCUT2D eigenvalue weighted by molar-refractivity contribution is 7.12. The van der Waals surface area contributed by atoms with Crippen molar-refractivity contribution in [3.63, 3.8) is 0 Å². The number of likely N-dealkylation sites (tertiary alicyclic amines) is 1. The van der Waals surface area contributed by atoms with E-state index in [0.29, 0.717) is 13.2 Å². The van der Waals surface area contributed by atoms with Crippen LogP contribution in [-0.4, -0.2) is 65.8 Å². The van der Waals surface area contributed by atoms with E-state index >= 15 is 0 Å². The summed E-state index contributed by atoms with van der Waals surface area (Å²) >= 11 is 1.52. The van der Waals surface area contributed by atoms with Crippen molar-refractivity contribution >= 4 is 17.2 Å². The minimum Gasteiger partial charge on any atom is -0.393 e. The van der Waals surface area contributed by atoms with E-state index in [1.165, 1.54) is 11.3 Å². The van der Waals surface area contributed by atoms with Gasteiger partial charge in [0.05, 0.1) is 29.7 Å². The summed E-state index contributed by atoms with van der Waals surface area (Å²) in [4.78, 5) is 18.6. The van der Waals surface area contributed by atoms with E-state index in [-0.39, 0.29) is 24.2 Å². The molecule has 1 N–H and O–H groups in total. The molecule has 0 unspecified atom stereocenters. The molecule has 28 heavy (non-hydrogen) atoms. The molecule has 0 saturated carbocycles. The number of hydrogen-bond donors (Lipinski definition) is 1. The summed E-state index contributed by atoms with van der Waals surface area (Å²) in [5, 5.41) is 11.8. The summed E-state index contributed by atoms with van der Waals surface area (Å²) in [6.07, 6.45) is 1.35. The lowest BCUT2D eigenvalue weighted by Gasteiger charge is -2.44. The highest BCUT2D eigenvalue weighted by atomic mass is 32.1. The summed E-state index contributed by atoms with van der Waals surface area (Å²) in [6.45, 7) is 5.68. The Kier molecular flexibility index (Phi) is 6.11. The predicted octanol–water partition coefficient (Wildman–Crippen LogP) is 3.10. The molecule has 4 rings (SSSR count). The Hall–Kier alpha value is -1.73. The SMILES string of the molecule is Cc1ccsc1C(=O)N1CCO[C@@H](CN2CCC(O)CC2)[C@@H]1c1ccccc1. The van der Waals surface area contributed by atoms with E-state index in [1.54, 1.807) is 0 Å². The zero-order valence-corrected chi connectivity index (χ0v) is 17.1. The first kappa shape index (κ1) is 19.6. The molecule has 1 aromatic heterocycles. The number of thiophene rings is 1. The van der Waals surface area contributed by atoms with E-state index in [1.807, 2.05) is 41.5 Å². The monoisotopic (exact) mass is 400 g/mol. The fourth-order valence-electron chi connectivity index (χ4n) is 4.24. The minimum absolute atomic E-state index is 0.0735. The molecule has 6 heteroatoms. The molecule has 0 aliphatic carbocycles. The van der Waals surface area contributed by atoms with Gasteiger partial charge in [0.2, 0.25) is 0 Å². The van der Waals surface area contributed by atoms with Crippen LogP contribution in [0, 0.1) is 6.92 Å². The number of piperidine rings is 1. The number of aryl methyl sites for hydroxylation is 1. The number of nitrogens with zero attached hydrogens (tertiary/aromatic N) is 2. The number of rotatable bonds is 4. The molecule has 2 aliphatic rings. The Bertz CT molecular complexity index is 786. The van der Waals surface area contributed by atoms with Gasteiger partial charge in [0.15, 0.2) is 0 Å². The molecule has 2 aliphatic heterocycles. The number of carbonyl (C=O) groups is 1. The van der Waals surface area contributed by atoms with Gasteiger partial charge in [-0.05, 0) is 42.3 Å². The van der Waals surface area contributed by atoms with Gasteiger partial charge in [-0.15, -0.1) is 11.3 Å². The predicted molar refractivity (Wildman–Crippen MR) is 111 cm³/mol. The molecule has 2 atom stereocenters. The molecule has 2 saturated heterocycles. The van der Waals surface area contributed by atoms with Gasteiger partial charge in [-0.2, -0.15) is 0 Å². The molecule has 3 heterocycles. The number of carbonyl (C=O) groups excluding carboxylic acids is 1. The number of aliphatic hydroxyl groups excluding tert-OH is 1. The fraction of sp³-hybridized carbons (Fsp3) is 0.500. The second-order valence-electron chi connectivity index (χ2n) is 7.73. The average molecular weight is 401 g/mol. The van der Waals surface area contributed by atoms with Crippen LogP contribution in [0.15, 0.2) is 41.8 Å². The van der Waals surface area contributed by atoms with E-state index in [4.69, 9.17) is 4.74 Å². The summed E-state index contributed by atoms with van der Waals surface area (Å²) in [6, 6.07) is 12.1. The zero-order valence-electron chi connectivity index (χ0n) is 16.3. The van der Waals surface area contributed by atoms with Gasteiger partial charge in [-0.1, -0.05) is 30.3 Å². The van der Waals surface area contributed by atoms with Crippen molar-refractivity contribution in [2.75, 3.05) is 32.8 Å². The lowest BCUT2D eigenvalue weighted by molar-refractivity contribution is -0.0769. The van der Waals surface area contributed by atoms with Gasteiger partial charge in [-0.25, -0.2) is 0 Å². The van der Waals surface area contributed by atoms with Crippen molar-refractivity contribution in [2.45, 2.75) is 38.0 Å². The Balaban J connectivity index is 1.60. The smallest absolute Gasteiger partial charge is 0.264 e. The maximum Gasteiger partial charge on any atom is 0.264 e. The third-order valence-electron chi connectivity index (χ3n) is 5.81. The first-order chi connectivity index (χ1) is 13.6. The summed E-state index contributed by atoms with van der Waals surface area (Å²) < 4.78 is 6.21. The molecule has 2 aromatic rings. The van der Waals surface area contributed by atoms with Crippen LogP contribution in [0.4, 0.5) is 0 Å². The highest BCUT2D eigenvalue weighted by Crippen LogP contribution is 2.33. The van der Waals surface area contributed by atoms with Crippen LogP contribution in [0.2, 0.25) is 0 Å². The van der Waals surface area contributed by atoms with Crippen molar-refractivity contribution in [2.24, 2.45) is 0 Å². The van der Waals surface area contributed by atoms with Crippen molar-refractivity contribution in [1.82, 2.24) is 9.80 Å². The Morgan fingerprint density at radius 2 is 1.93 bits per heavy atom. The first-order valence-corrected chi connectivity index (χ1v) is 10.9. The number of aliphatic hydroxyl groups is 1. The third-order valence-corrected chi connectivity index (χ3v) is 6.81. The second kappa shape index (κ2) is 8.74. The standard InChI is InChI=1S/C22H28N2O3S/c1-16-9-14-28-21(16)22(26)24-12-13-27-19(15-23-10-7-18(25)8-11-23)20(24)17-5-3-2-4-6-17/h2-6,9,14,18-20,25H,7-8,10-13,15H2,1H3/t19-,20-/m0/s1. The van der Waals surface area contributed by atoms with Crippen LogP contribution in [0.25, 0.3) is 0 Å². The van der Waals surface area contributed by atoms with Gasteiger partial charge in [0, 0.05) is 26.2 Å². The molecule has 2 fully saturated rings. The highest BCUT2D eigenvalue weighted by Gasteiger charge is 2.38. The number of morpholine rings is 1. The molecule has 0 bridgehead atoms. The molecule has 150 valence electrons.